The molecule has 3 heterocycles. The van der Waals surface area contributed by atoms with E-state index in [0.29, 0.717) is 12.2 Å². The average molecular weight is 354 g/mol. The van der Waals surface area contributed by atoms with Crippen LogP contribution in [0, 0.1) is 0 Å². The number of hydrogen-bond donors (Lipinski definition) is 2. The normalized spacial score (nSPS) is 10.5. The minimum absolute atomic E-state index is 0.0546. The standard InChI is InChI=1S/C18H18N4O4/c1-2-3-9-20-17(24)14-15(12-7-4-5-10-19-12)22-26-18(14)21-16(23)13-8-6-11-25-13/h4-8,10-11H,2-3,9H2,1H3,(H,20,24)(H,21,23). The highest BCUT2D eigenvalue weighted by Gasteiger charge is 2.26. The molecule has 0 aliphatic heterocycles. The molecule has 3 rings (SSSR count). The lowest BCUT2D eigenvalue weighted by molar-refractivity contribution is 0.0954. The monoisotopic (exact) mass is 354 g/mol. The summed E-state index contributed by atoms with van der Waals surface area (Å²) < 4.78 is 10.3. The molecule has 0 saturated carbocycles. The van der Waals surface area contributed by atoms with Crippen LogP contribution in [0.15, 0.2) is 51.7 Å². The number of unbranched alkanes of at least 4 members (excludes halogenated alkanes) is 1. The van der Waals surface area contributed by atoms with Crippen molar-refractivity contribution in [3.63, 3.8) is 0 Å². The van der Waals surface area contributed by atoms with Crippen molar-refractivity contribution < 1.29 is 18.5 Å². The van der Waals surface area contributed by atoms with Crippen LogP contribution in [0.1, 0.15) is 40.7 Å². The molecule has 2 amide bonds. The molecule has 0 fully saturated rings. The number of hydrogen-bond acceptors (Lipinski definition) is 6. The van der Waals surface area contributed by atoms with Gasteiger partial charge in [-0.15, -0.1) is 0 Å². The summed E-state index contributed by atoms with van der Waals surface area (Å²) in [5, 5.41) is 9.25. The average Bonchev–Trinajstić information content (AvgIpc) is 3.32. The van der Waals surface area contributed by atoms with Crippen LogP contribution in [0.25, 0.3) is 11.4 Å². The highest BCUT2D eigenvalue weighted by Crippen LogP contribution is 2.28. The lowest BCUT2D eigenvalue weighted by atomic mass is 10.1. The van der Waals surface area contributed by atoms with E-state index < -0.39 is 11.8 Å². The fraction of sp³-hybridized carbons (Fsp3) is 0.222. The quantitative estimate of drug-likeness (QED) is 0.631. The van der Waals surface area contributed by atoms with E-state index in [2.05, 4.69) is 20.8 Å². The van der Waals surface area contributed by atoms with Crippen LogP contribution < -0.4 is 10.6 Å². The fourth-order valence-corrected chi connectivity index (χ4v) is 2.30. The van der Waals surface area contributed by atoms with E-state index in [4.69, 9.17) is 8.94 Å². The van der Waals surface area contributed by atoms with Gasteiger partial charge in [0.15, 0.2) is 5.76 Å². The van der Waals surface area contributed by atoms with E-state index in [-0.39, 0.29) is 22.9 Å². The smallest absolute Gasteiger partial charge is 0.293 e. The van der Waals surface area contributed by atoms with Crippen molar-refractivity contribution in [3.8, 4) is 11.4 Å². The Morgan fingerprint density at radius 1 is 1.15 bits per heavy atom. The Morgan fingerprint density at radius 3 is 2.73 bits per heavy atom. The van der Waals surface area contributed by atoms with Crippen LogP contribution in [0.3, 0.4) is 0 Å². The summed E-state index contributed by atoms with van der Waals surface area (Å²) in [5.41, 5.74) is 0.851. The number of anilines is 1. The molecule has 3 aromatic heterocycles. The number of rotatable bonds is 7. The van der Waals surface area contributed by atoms with Crippen molar-refractivity contribution in [2.75, 3.05) is 11.9 Å². The van der Waals surface area contributed by atoms with Crippen molar-refractivity contribution in [1.82, 2.24) is 15.5 Å². The van der Waals surface area contributed by atoms with Crippen molar-refractivity contribution in [3.05, 3.63) is 54.1 Å². The van der Waals surface area contributed by atoms with E-state index >= 15 is 0 Å². The molecule has 0 aromatic carbocycles. The number of pyridine rings is 1. The van der Waals surface area contributed by atoms with Gasteiger partial charge in [-0.2, -0.15) is 0 Å². The maximum absolute atomic E-state index is 12.6. The minimum Gasteiger partial charge on any atom is -0.459 e. The van der Waals surface area contributed by atoms with Gasteiger partial charge in [0.2, 0.25) is 5.88 Å². The maximum Gasteiger partial charge on any atom is 0.293 e. The third-order valence-electron chi connectivity index (χ3n) is 3.61. The molecule has 26 heavy (non-hydrogen) atoms. The molecule has 3 aromatic rings. The van der Waals surface area contributed by atoms with E-state index in [1.807, 2.05) is 6.92 Å². The van der Waals surface area contributed by atoms with Crippen LogP contribution >= 0.6 is 0 Å². The topological polar surface area (TPSA) is 110 Å². The Morgan fingerprint density at radius 2 is 2.04 bits per heavy atom. The first-order chi connectivity index (χ1) is 12.7. The van der Waals surface area contributed by atoms with Crippen LogP contribution in [-0.4, -0.2) is 28.5 Å². The molecular weight excluding hydrogens is 336 g/mol. The molecule has 0 aliphatic carbocycles. The van der Waals surface area contributed by atoms with E-state index in [9.17, 15) is 9.59 Å². The van der Waals surface area contributed by atoms with Crippen molar-refractivity contribution in [2.45, 2.75) is 19.8 Å². The van der Waals surface area contributed by atoms with Gasteiger partial charge in [0, 0.05) is 12.7 Å². The molecular formula is C18H18N4O4. The van der Waals surface area contributed by atoms with Crippen molar-refractivity contribution >= 4 is 17.7 Å². The Bertz CT molecular complexity index is 872. The first kappa shape index (κ1) is 17.4. The molecule has 0 bridgehead atoms. The van der Waals surface area contributed by atoms with Crippen LogP contribution in [0.5, 0.6) is 0 Å². The van der Waals surface area contributed by atoms with Crippen molar-refractivity contribution in [1.29, 1.82) is 0 Å². The molecule has 0 unspecified atom stereocenters. The van der Waals surface area contributed by atoms with Crippen LogP contribution in [0.2, 0.25) is 0 Å². The second kappa shape index (κ2) is 8.11. The fourth-order valence-electron chi connectivity index (χ4n) is 2.30. The summed E-state index contributed by atoms with van der Waals surface area (Å²) in [7, 11) is 0. The first-order valence-electron chi connectivity index (χ1n) is 8.24. The van der Waals surface area contributed by atoms with Gasteiger partial charge in [0.1, 0.15) is 11.3 Å². The Balaban J connectivity index is 1.92. The van der Waals surface area contributed by atoms with Gasteiger partial charge in [-0.05, 0) is 30.7 Å². The Hall–Kier alpha value is -3.42. The first-order valence-corrected chi connectivity index (χ1v) is 8.24. The van der Waals surface area contributed by atoms with Gasteiger partial charge >= 0.3 is 0 Å². The number of amides is 2. The van der Waals surface area contributed by atoms with E-state index in [1.165, 1.54) is 12.3 Å². The summed E-state index contributed by atoms with van der Waals surface area (Å²) in [6.45, 7) is 2.54. The molecule has 0 radical (unpaired) electrons. The lowest BCUT2D eigenvalue weighted by Crippen LogP contribution is -2.26. The zero-order valence-corrected chi connectivity index (χ0v) is 14.2. The van der Waals surface area contributed by atoms with Gasteiger partial charge in [0.25, 0.3) is 11.8 Å². The summed E-state index contributed by atoms with van der Waals surface area (Å²) >= 11 is 0. The summed E-state index contributed by atoms with van der Waals surface area (Å²) in [6.07, 6.45) is 4.75. The van der Waals surface area contributed by atoms with Gasteiger partial charge in [-0.3, -0.25) is 19.9 Å². The number of carbonyl (C=O) groups is 2. The van der Waals surface area contributed by atoms with Crippen LogP contribution in [-0.2, 0) is 0 Å². The predicted octanol–water partition coefficient (Wildman–Crippen LogP) is 3.11. The van der Waals surface area contributed by atoms with Gasteiger partial charge in [-0.25, -0.2) is 0 Å². The third-order valence-corrected chi connectivity index (χ3v) is 3.61. The summed E-state index contributed by atoms with van der Waals surface area (Å²) in [5.74, 6) is -0.893. The van der Waals surface area contributed by atoms with Crippen molar-refractivity contribution in [2.24, 2.45) is 0 Å². The molecule has 8 nitrogen and oxygen atoms in total. The highest BCUT2D eigenvalue weighted by atomic mass is 16.5. The van der Waals surface area contributed by atoms with Gasteiger partial charge in [0.05, 0.1) is 12.0 Å². The Labute approximate surface area is 149 Å². The molecule has 8 heteroatoms. The minimum atomic E-state index is -0.540. The third kappa shape index (κ3) is 3.80. The Kier molecular flexibility index (Phi) is 5.43. The second-order valence-corrected chi connectivity index (χ2v) is 5.49. The number of furan rings is 1. The summed E-state index contributed by atoms with van der Waals surface area (Å²) in [6, 6.07) is 8.33. The number of aromatic nitrogens is 2. The van der Waals surface area contributed by atoms with Crippen LogP contribution in [0.4, 0.5) is 5.88 Å². The number of nitrogens with one attached hydrogen (secondary N) is 2. The zero-order valence-electron chi connectivity index (χ0n) is 14.2. The van der Waals surface area contributed by atoms with E-state index in [0.717, 1.165) is 12.8 Å². The largest absolute Gasteiger partial charge is 0.459 e. The number of nitrogens with zero attached hydrogens (tertiary/aromatic N) is 2. The maximum atomic E-state index is 12.6. The molecule has 0 atom stereocenters. The van der Waals surface area contributed by atoms with Gasteiger partial charge < -0.3 is 14.3 Å². The zero-order chi connectivity index (χ0) is 18.4. The van der Waals surface area contributed by atoms with E-state index in [1.54, 1.807) is 30.5 Å². The molecule has 0 aliphatic rings. The van der Waals surface area contributed by atoms with Gasteiger partial charge in [-0.1, -0.05) is 24.6 Å². The SMILES string of the molecule is CCCCNC(=O)c1c(-c2ccccn2)noc1NC(=O)c1ccco1. The molecule has 2 N–H and O–H groups in total. The second-order valence-electron chi connectivity index (χ2n) is 5.49. The predicted molar refractivity (Wildman–Crippen MR) is 93.6 cm³/mol. The number of carbonyl (C=O) groups excluding carboxylic acids is 2. The molecule has 0 saturated heterocycles. The molecule has 0 spiro atoms. The highest BCUT2D eigenvalue weighted by molar-refractivity contribution is 6.09. The summed E-state index contributed by atoms with van der Waals surface area (Å²) in [4.78, 5) is 29.1. The lowest BCUT2D eigenvalue weighted by Gasteiger charge is -2.06. The molecule has 134 valence electrons.